The Morgan fingerprint density at radius 3 is 2.28 bits per heavy atom. The molecule has 1 aliphatic heterocycles. The molecule has 2 amide bonds. The number of carbonyl (C=O) groups excluding carboxylic acids is 2. The Morgan fingerprint density at radius 2 is 1.72 bits per heavy atom. The Bertz CT molecular complexity index is 943. The van der Waals surface area contributed by atoms with Crippen molar-refractivity contribution in [1.29, 1.82) is 0 Å². The lowest BCUT2D eigenvalue weighted by molar-refractivity contribution is -0.157. The lowest BCUT2D eigenvalue weighted by atomic mass is 9.66. The number of carbonyl (C=O) groups is 2. The highest BCUT2D eigenvalue weighted by atomic mass is 35.5. The Morgan fingerprint density at radius 1 is 1.09 bits per heavy atom. The lowest BCUT2D eigenvalue weighted by Gasteiger charge is -2.51. The van der Waals surface area contributed by atoms with Gasteiger partial charge in [-0.2, -0.15) is 0 Å². The van der Waals surface area contributed by atoms with Crippen molar-refractivity contribution in [2.45, 2.75) is 39.7 Å². The van der Waals surface area contributed by atoms with Gasteiger partial charge in [-0.05, 0) is 42.2 Å². The van der Waals surface area contributed by atoms with Crippen molar-refractivity contribution in [2.24, 2.45) is 17.3 Å². The third kappa shape index (κ3) is 5.00. The number of amides is 2. The van der Waals surface area contributed by atoms with E-state index >= 15 is 0 Å². The largest absolute Gasteiger partial charge is 0.384 e. The summed E-state index contributed by atoms with van der Waals surface area (Å²) in [6.45, 7) is 9.14. The van der Waals surface area contributed by atoms with Gasteiger partial charge in [-0.3, -0.25) is 9.59 Å². The van der Waals surface area contributed by atoms with Crippen LogP contribution in [0.4, 0.5) is 0 Å². The normalized spacial score (nSPS) is 21.3. The second-order valence-electron chi connectivity index (χ2n) is 9.69. The predicted octanol–water partition coefficient (Wildman–Crippen LogP) is 4.49. The molecule has 0 unspecified atom stereocenters. The van der Waals surface area contributed by atoms with E-state index in [-0.39, 0.29) is 30.2 Å². The van der Waals surface area contributed by atoms with Crippen LogP contribution in [0.3, 0.4) is 0 Å². The highest BCUT2D eigenvalue weighted by Crippen LogP contribution is 2.46. The molecule has 5 nitrogen and oxygen atoms in total. The third-order valence-corrected chi connectivity index (χ3v) is 6.98. The molecule has 0 aliphatic carbocycles. The van der Waals surface area contributed by atoms with Gasteiger partial charge in [0.05, 0.1) is 11.5 Å². The van der Waals surface area contributed by atoms with Gasteiger partial charge in [0.15, 0.2) is 0 Å². The first kappa shape index (κ1) is 24.3. The van der Waals surface area contributed by atoms with Crippen molar-refractivity contribution in [3.63, 3.8) is 0 Å². The highest BCUT2D eigenvalue weighted by Gasteiger charge is 2.50. The maximum Gasteiger partial charge on any atom is 0.251 e. The van der Waals surface area contributed by atoms with Crippen LogP contribution in [0.2, 0.25) is 5.02 Å². The lowest BCUT2D eigenvalue weighted by Crippen LogP contribution is -2.58. The molecule has 3 rings (SSSR count). The molecule has 2 N–H and O–H groups in total. The molecule has 1 heterocycles. The number of halogens is 1. The SMILES string of the molecule is CC(C)[C@@H](CNC(=O)c1ccccc1)C(=O)N1CC[C@](O)(c2ccc(Cl)cc2)C(C)(C)C1. The minimum absolute atomic E-state index is 0.0135. The number of piperidine rings is 1. The van der Waals surface area contributed by atoms with Crippen LogP contribution < -0.4 is 5.32 Å². The van der Waals surface area contributed by atoms with E-state index < -0.39 is 11.0 Å². The van der Waals surface area contributed by atoms with E-state index in [9.17, 15) is 14.7 Å². The Labute approximate surface area is 195 Å². The molecule has 0 spiro atoms. The van der Waals surface area contributed by atoms with Gasteiger partial charge in [-0.1, -0.05) is 69.6 Å². The quantitative estimate of drug-likeness (QED) is 0.672. The standard InChI is InChI=1S/C26H33ClN2O3/c1-18(2)22(16-28-23(30)19-8-6-5-7-9-19)24(31)29-15-14-26(32,25(3,4)17-29)20-10-12-21(27)13-11-20/h5-13,18,22,32H,14-17H2,1-4H3,(H,28,30)/t22-,26+/m1/s1. The van der Waals surface area contributed by atoms with Crippen LogP contribution in [-0.2, 0) is 10.4 Å². The van der Waals surface area contributed by atoms with E-state index in [4.69, 9.17) is 11.6 Å². The van der Waals surface area contributed by atoms with Crippen LogP contribution in [0, 0.1) is 17.3 Å². The zero-order chi connectivity index (χ0) is 23.5. The van der Waals surface area contributed by atoms with Gasteiger partial charge < -0.3 is 15.3 Å². The summed E-state index contributed by atoms with van der Waals surface area (Å²) in [5.74, 6) is -0.432. The van der Waals surface area contributed by atoms with Crippen LogP contribution in [0.25, 0.3) is 0 Å². The van der Waals surface area contributed by atoms with E-state index in [1.165, 1.54) is 0 Å². The number of nitrogens with zero attached hydrogens (tertiary/aromatic N) is 1. The molecule has 172 valence electrons. The number of hydrogen-bond donors (Lipinski definition) is 2. The van der Waals surface area contributed by atoms with Crippen molar-refractivity contribution in [2.75, 3.05) is 19.6 Å². The van der Waals surface area contributed by atoms with E-state index in [0.29, 0.717) is 30.1 Å². The first-order valence-corrected chi connectivity index (χ1v) is 11.5. The van der Waals surface area contributed by atoms with Crippen LogP contribution in [0.15, 0.2) is 54.6 Å². The molecular weight excluding hydrogens is 424 g/mol. The van der Waals surface area contributed by atoms with E-state index in [0.717, 1.165) is 5.56 Å². The minimum Gasteiger partial charge on any atom is -0.384 e. The predicted molar refractivity (Wildman–Crippen MR) is 127 cm³/mol. The first-order chi connectivity index (χ1) is 15.0. The van der Waals surface area contributed by atoms with Gasteiger partial charge in [-0.25, -0.2) is 0 Å². The Balaban J connectivity index is 1.70. The molecule has 0 radical (unpaired) electrons. The monoisotopic (exact) mass is 456 g/mol. The number of rotatable bonds is 6. The van der Waals surface area contributed by atoms with Crippen molar-refractivity contribution < 1.29 is 14.7 Å². The van der Waals surface area contributed by atoms with Crippen LogP contribution in [0.5, 0.6) is 0 Å². The average Bonchev–Trinajstić information content (AvgIpc) is 2.76. The van der Waals surface area contributed by atoms with Gasteiger partial charge in [0, 0.05) is 35.6 Å². The molecule has 32 heavy (non-hydrogen) atoms. The Kier molecular flexibility index (Phi) is 7.31. The van der Waals surface area contributed by atoms with Gasteiger partial charge in [0.1, 0.15) is 0 Å². The van der Waals surface area contributed by atoms with Crippen molar-refractivity contribution in [3.05, 3.63) is 70.7 Å². The fourth-order valence-corrected chi connectivity index (χ4v) is 4.63. The summed E-state index contributed by atoms with van der Waals surface area (Å²) in [5.41, 5.74) is -0.212. The molecule has 2 aromatic rings. The summed E-state index contributed by atoms with van der Waals surface area (Å²) in [5, 5.41) is 15.1. The van der Waals surface area contributed by atoms with Gasteiger partial charge >= 0.3 is 0 Å². The molecule has 6 heteroatoms. The van der Waals surface area contributed by atoms with Crippen molar-refractivity contribution >= 4 is 23.4 Å². The van der Waals surface area contributed by atoms with Gasteiger partial charge in [-0.15, -0.1) is 0 Å². The van der Waals surface area contributed by atoms with Crippen LogP contribution in [-0.4, -0.2) is 41.5 Å². The van der Waals surface area contributed by atoms with Crippen LogP contribution >= 0.6 is 11.6 Å². The number of hydrogen-bond acceptors (Lipinski definition) is 3. The van der Waals surface area contributed by atoms with Crippen molar-refractivity contribution in [3.8, 4) is 0 Å². The minimum atomic E-state index is -1.05. The molecule has 1 aliphatic rings. The zero-order valence-corrected chi connectivity index (χ0v) is 20.0. The summed E-state index contributed by atoms with van der Waals surface area (Å²) >= 11 is 6.02. The Hall–Kier alpha value is -2.37. The number of benzene rings is 2. The maximum absolute atomic E-state index is 13.4. The molecule has 1 saturated heterocycles. The molecule has 2 atom stereocenters. The second kappa shape index (κ2) is 9.63. The van der Waals surface area contributed by atoms with E-state index in [1.807, 2.05) is 62.9 Å². The summed E-state index contributed by atoms with van der Waals surface area (Å²) in [6, 6.07) is 16.3. The molecule has 0 saturated carbocycles. The second-order valence-corrected chi connectivity index (χ2v) is 10.1. The molecule has 2 aromatic carbocycles. The summed E-state index contributed by atoms with van der Waals surface area (Å²) < 4.78 is 0. The summed E-state index contributed by atoms with van der Waals surface area (Å²) in [4.78, 5) is 27.7. The topological polar surface area (TPSA) is 69.6 Å². The smallest absolute Gasteiger partial charge is 0.251 e. The molecular formula is C26H33ClN2O3. The summed E-state index contributed by atoms with van der Waals surface area (Å²) in [6.07, 6.45) is 0.439. The molecule has 0 aromatic heterocycles. The maximum atomic E-state index is 13.4. The van der Waals surface area contributed by atoms with E-state index in [1.54, 1.807) is 24.3 Å². The third-order valence-electron chi connectivity index (χ3n) is 6.72. The number of likely N-dealkylation sites (tertiary alicyclic amines) is 1. The van der Waals surface area contributed by atoms with Gasteiger partial charge in [0.2, 0.25) is 5.91 Å². The first-order valence-electron chi connectivity index (χ1n) is 11.2. The number of nitrogens with one attached hydrogen (secondary N) is 1. The molecule has 0 bridgehead atoms. The van der Waals surface area contributed by atoms with Crippen molar-refractivity contribution in [1.82, 2.24) is 10.2 Å². The highest BCUT2D eigenvalue weighted by molar-refractivity contribution is 6.30. The zero-order valence-electron chi connectivity index (χ0n) is 19.3. The summed E-state index contributed by atoms with van der Waals surface area (Å²) in [7, 11) is 0. The molecule has 1 fully saturated rings. The van der Waals surface area contributed by atoms with Crippen LogP contribution in [0.1, 0.15) is 50.0 Å². The fraction of sp³-hybridized carbons (Fsp3) is 0.462. The average molecular weight is 457 g/mol. The fourth-order valence-electron chi connectivity index (χ4n) is 4.51. The number of aliphatic hydroxyl groups is 1. The van der Waals surface area contributed by atoms with Gasteiger partial charge in [0.25, 0.3) is 5.91 Å². The van der Waals surface area contributed by atoms with E-state index in [2.05, 4.69) is 5.32 Å².